The van der Waals surface area contributed by atoms with Crippen molar-refractivity contribution in [3.8, 4) is 22.5 Å². The normalized spacial score (nSPS) is 16.0. The maximum Gasteiger partial charge on any atom is 0.265 e. The van der Waals surface area contributed by atoms with E-state index in [1.165, 1.54) is 0 Å². The smallest absolute Gasteiger partial charge is 0.265 e. The lowest BCUT2D eigenvalue weighted by Crippen LogP contribution is -2.43. The van der Waals surface area contributed by atoms with Gasteiger partial charge in [-0.05, 0) is 36.3 Å². The van der Waals surface area contributed by atoms with E-state index in [0.717, 1.165) is 41.5 Å². The predicted octanol–water partition coefficient (Wildman–Crippen LogP) is 4.37. The Balaban J connectivity index is 1.71. The molecule has 0 bridgehead atoms. The molecule has 170 valence electrons. The predicted molar refractivity (Wildman–Crippen MR) is 130 cm³/mol. The summed E-state index contributed by atoms with van der Waals surface area (Å²) in [5.74, 6) is 1.21. The van der Waals surface area contributed by atoms with Gasteiger partial charge in [-0.2, -0.15) is 4.98 Å². The van der Waals surface area contributed by atoms with Crippen molar-refractivity contribution >= 4 is 11.1 Å². The Morgan fingerprint density at radius 2 is 1.82 bits per heavy atom. The molecule has 0 radical (unpaired) electrons. The second-order valence-electron chi connectivity index (χ2n) is 9.32. The van der Waals surface area contributed by atoms with E-state index >= 15 is 0 Å². The van der Waals surface area contributed by atoms with Crippen molar-refractivity contribution in [3.63, 3.8) is 0 Å². The highest BCUT2D eigenvalue weighted by molar-refractivity contribution is 6.00. The van der Waals surface area contributed by atoms with Crippen LogP contribution in [0.4, 0.5) is 0 Å². The van der Waals surface area contributed by atoms with Crippen molar-refractivity contribution < 1.29 is 9.52 Å². The van der Waals surface area contributed by atoms with Crippen molar-refractivity contribution in [2.24, 2.45) is 18.7 Å². The van der Waals surface area contributed by atoms with Crippen LogP contribution in [-0.4, -0.2) is 21.3 Å². The average Bonchev–Trinajstić information content (AvgIpc) is 3.21. The summed E-state index contributed by atoms with van der Waals surface area (Å²) >= 11 is 0. The SMILES string of the molecule is C[C@@H](CO)Cc1nc2oc(-c3ccc(C4(N)CCC4)cc3)c(-c3ccccc3)c2c(=O)n1C. The number of nitrogens with zero attached hydrogens (tertiary/aromatic N) is 2. The number of fused-ring (bicyclic) bond motifs is 1. The van der Waals surface area contributed by atoms with Crippen LogP contribution in [0.3, 0.4) is 0 Å². The van der Waals surface area contributed by atoms with Gasteiger partial charge in [0, 0.05) is 36.7 Å². The zero-order valence-corrected chi connectivity index (χ0v) is 19.0. The van der Waals surface area contributed by atoms with Crippen LogP contribution in [-0.2, 0) is 19.0 Å². The summed E-state index contributed by atoms with van der Waals surface area (Å²) in [6.07, 6.45) is 3.65. The first kappa shape index (κ1) is 21.6. The standard InChI is InChI=1S/C27H29N3O3/c1-17(16-31)15-21-29-25-23(26(32)30(21)2)22(18-7-4-3-5-8-18)24(33-25)19-9-11-20(12-10-19)27(28)13-6-14-27/h3-5,7-12,17,31H,6,13-16,28H2,1-2H3/t17-/m1/s1. The highest BCUT2D eigenvalue weighted by Gasteiger charge is 2.34. The molecule has 1 aliphatic rings. The summed E-state index contributed by atoms with van der Waals surface area (Å²) in [4.78, 5) is 18.2. The first-order chi connectivity index (χ1) is 15.9. The molecule has 2 aromatic heterocycles. The molecule has 1 fully saturated rings. The molecule has 0 spiro atoms. The molecule has 0 saturated heterocycles. The van der Waals surface area contributed by atoms with E-state index in [-0.39, 0.29) is 23.6 Å². The largest absolute Gasteiger partial charge is 0.437 e. The summed E-state index contributed by atoms with van der Waals surface area (Å²) in [7, 11) is 1.73. The summed E-state index contributed by atoms with van der Waals surface area (Å²) < 4.78 is 7.85. The van der Waals surface area contributed by atoms with Crippen LogP contribution in [0.5, 0.6) is 0 Å². The van der Waals surface area contributed by atoms with Crippen LogP contribution < -0.4 is 11.3 Å². The molecule has 2 aromatic carbocycles. The van der Waals surface area contributed by atoms with Gasteiger partial charge in [0.2, 0.25) is 5.71 Å². The zero-order chi connectivity index (χ0) is 23.2. The zero-order valence-electron chi connectivity index (χ0n) is 19.0. The number of aliphatic hydroxyl groups excluding tert-OH is 1. The van der Waals surface area contributed by atoms with Crippen molar-refractivity contribution in [2.75, 3.05) is 6.61 Å². The Labute approximate surface area is 192 Å². The maximum absolute atomic E-state index is 13.5. The fourth-order valence-corrected chi connectivity index (χ4v) is 4.62. The van der Waals surface area contributed by atoms with Crippen LogP contribution in [0, 0.1) is 5.92 Å². The fraction of sp³-hybridized carbons (Fsp3) is 0.333. The number of hydrogen-bond acceptors (Lipinski definition) is 5. The third-order valence-electron chi connectivity index (χ3n) is 6.90. The van der Waals surface area contributed by atoms with E-state index in [9.17, 15) is 9.90 Å². The summed E-state index contributed by atoms with van der Waals surface area (Å²) in [6, 6.07) is 18.0. The van der Waals surface area contributed by atoms with Gasteiger partial charge in [0.05, 0.1) is 0 Å². The first-order valence-electron chi connectivity index (χ1n) is 11.5. The van der Waals surface area contributed by atoms with E-state index in [1.54, 1.807) is 11.6 Å². The Hall–Kier alpha value is -3.22. The highest BCUT2D eigenvalue weighted by Crippen LogP contribution is 2.42. The monoisotopic (exact) mass is 443 g/mol. The molecule has 1 saturated carbocycles. The average molecular weight is 444 g/mol. The lowest BCUT2D eigenvalue weighted by molar-refractivity contribution is 0.234. The van der Waals surface area contributed by atoms with Crippen molar-refractivity contribution in [2.45, 2.75) is 38.1 Å². The number of aliphatic hydroxyl groups is 1. The number of benzene rings is 2. The lowest BCUT2D eigenvalue weighted by Gasteiger charge is -2.38. The van der Waals surface area contributed by atoms with Crippen molar-refractivity contribution in [1.82, 2.24) is 9.55 Å². The molecular weight excluding hydrogens is 414 g/mol. The number of aromatic nitrogens is 2. The lowest BCUT2D eigenvalue weighted by atomic mass is 9.72. The van der Waals surface area contributed by atoms with Gasteiger partial charge in [0.25, 0.3) is 5.56 Å². The number of nitrogens with two attached hydrogens (primary N) is 1. The Kier molecular flexibility index (Phi) is 5.43. The third kappa shape index (κ3) is 3.69. The van der Waals surface area contributed by atoms with E-state index in [1.807, 2.05) is 49.4 Å². The minimum absolute atomic E-state index is 0.00814. The maximum atomic E-state index is 13.5. The van der Waals surface area contributed by atoms with Crippen molar-refractivity contribution in [1.29, 1.82) is 0 Å². The van der Waals surface area contributed by atoms with Crippen LogP contribution in [0.25, 0.3) is 33.6 Å². The summed E-state index contributed by atoms with van der Waals surface area (Å²) in [6.45, 7) is 1.95. The van der Waals surface area contributed by atoms with Crippen LogP contribution >= 0.6 is 0 Å². The second-order valence-corrected chi connectivity index (χ2v) is 9.32. The molecule has 1 aliphatic carbocycles. The van der Waals surface area contributed by atoms with Crippen molar-refractivity contribution in [3.05, 3.63) is 76.3 Å². The summed E-state index contributed by atoms with van der Waals surface area (Å²) in [5, 5.41) is 9.94. The van der Waals surface area contributed by atoms with E-state index < -0.39 is 0 Å². The minimum atomic E-state index is -0.232. The molecule has 2 heterocycles. The molecule has 6 nitrogen and oxygen atoms in total. The van der Waals surface area contributed by atoms with E-state index in [2.05, 4.69) is 12.1 Å². The molecule has 3 N–H and O–H groups in total. The van der Waals surface area contributed by atoms with E-state index in [0.29, 0.717) is 29.1 Å². The Morgan fingerprint density at radius 1 is 1.12 bits per heavy atom. The molecule has 0 amide bonds. The fourth-order valence-electron chi connectivity index (χ4n) is 4.62. The van der Waals surface area contributed by atoms with Gasteiger partial charge in [-0.15, -0.1) is 0 Å². The number of hydrogen-bond donors (Lipinski definition) is 2. The number of rotatable bonds is 6. The second kappa shape index (κ2) is 8.28. The Morgan fingerprint density at radius 3 is 2.42 bits per heavy atom. The van der Waals surface area contributed by atoms with Crippen LogP contribution in [0.2, 0.25) is 0 Å². The van der Waals surface area contributed by atoms with Gasteiger partial charge in [-0.3, -0.25) is 9.36 Å². The first-order valence-corrected chi connectivity index (χ1v) is 11.5. The number of furan rings is 1. The van der Waals surface area contributed by atoms with Gasteiger partial charge >= 0.3 is 0 Å². The van der Waals surface area contributed by atoms with Crippen LogP contribution in [0.15, 0.2) is 63.8 Å². The molecule has 33 heavy (non-hydrogen) atoms. The molecular formula is C27H29N3O3. The van der Waals surface area contributed by atoms with Gasteiger partial charge < -0.3 is 15.3 Å². The third-order valence-corrected chi connectivity index (χ3v) is 6.90. The summed E-state index contributed by atoms with van der Waals surface area (Å²) in [5.41, 5.74) is 10.1. The molecule has 0 unspecified atom stereocenters. The Bertz CT molecular complexity index is 1350. The van der Waals surface area contributed by atoms with Gasteiger partial charge in [-0.25, -0.2) is 0 Å². The molecule has 1 atom stereocenters. The minimum Gasteiger partial charge on any atom is -0.437 e. The van der Waals surface area contributed by atoms with E-state index in [4.69, 9.17) is 15.1 Å². The molecule has 6 heteroatoms. The van der Waals surface area contributed by atoms with Crippen LogP contribution in [0.1, 0.15) is 37.6 Å². The topological polar surface area (TPSA) is 94.3 Å². The molecule has 0 aliphatic heterocycles. The quantitative estimate of drug-likeness (QED) is 0.461. The van der Waals surface area contributed by atoms with Gasteiger partial charge in [0.1, 0.15) is 17.0 Å². The molecule has 5 rings (SSSR count). The van der Waals surface area contributed by atoms with Gasteiger partial charge in [0.15, 0.2) is 0 Å². The van der Waals surface area contributed by atoms with Gasteiger partial charge in [-0.1, -0.05) is 61.5 Å². The molecule has 4 aromatic rings. The highest BCUT2D eigenvalue weighted by atomic mass is 16.3.